The Morgan fingerprint density at radius 1 is 1.25 bits per heavy atom. The molecule has 130 valence electrons. The molecule has 2 aromatic heterocycles. The summed E-state index contributed by atoms with van der Waals surface area (Å²) in [6.45, 7) is 7.11. The molecule has 1 aliphatic rings. The van der Waals surface area contributed by atoms with E-state index in [0.717, 1.165) is 23.4 Å². The molecular formula is C16H22N4O4. The Kier molecular flexibility index (Phi) is 4.94. The minimum Gasteiger partial charge on any atom is -0.377 e. The number of carbonyl (C=O) groups is 1. The number of ether oxygens (including phenoxy) is 1. The van der Waals surface area contributed by atoms with Gasteiger partial charge in [-0.15, -0.1) is 0 Å². The molecule has 0 N–H and O–H groups in total. The molecule has 0 aromatic carbocycles. The van der Waals surface area contributed by atoms with Crippen molar-refractivity contribution < 1.29 is 18.6 Å². The molecule has 0 radical (unpaired) electrons. The molecular weight excluding hydrogens is 312 g/mol. The highest BCUT2D eigenvalue weighted by Crippen LogP contribution is 2.24. The van der Waals surface area contributed by atoms with Crippen molar-refractivity contribution in [1.29, 1.82) is 0 Å². The lowest BCUT2D eigenvalue weighted by Crippen LogP contribution is -2.44. The van der Waals surface area contributed by atoms with Crippen molar-refractivity contribution in [3.05, 3.63) is 28.7 Å². The van der Waals surface area contributed by atoms with Gasteiger partial charge < -0.3 is 18.7 Å². The normalized spacial score (nSPS) is 18.1. The number of rotatable bonds is 5. The van der Waals surface area contributed by atoms with Crippen LogP contribution in [0.2, 0.25) is 0 Å². The minimum atomic E-state index is -0.321. The van der Waals surface area contributed by atoms with E-state index in [0.29, 0.717) is 37.9 Å². The predicted octanol–water partition coefficient (Wildman–Crippen LogP) is 1.63. The molecule has 24 heavy (non-hydrogen) atoms. The summed E-state index contributed by atoms with van der Waals surface area (Å²) in [6.07, 6.45) is 1.72. The Morgan fingerprint density at radius 2 is 2.08 bits per heavy atom. The van der Waals surface area contributed by atoms with Gasteiger partial charge >= 0.3 is 0 Å². The maximum Gasteiger partial charge on any atom is 0.227 e. The molecule has 2 aromatic rings. The molecule has 8 heteroatoms. The molecule has 3 rings (SSSR count). The van der Waals surface area contributed by atoms with Crippen LogP contribution in [0.4, 0.5) is 0 Å². The van der Waals surface area contributed by atoms with Crippen molar-refractivity contribution in [1.82, 2.24) is 20.2 Å². The highest BCUT2D eigenvalue weighted by atomic mass is 16.5. The van der Waals surface area contributed by atoms with E-state index in [1.807, 2.05) is 13.8 Å². The van der Waals surface area contributed by atoms with Gasteiger partial charge in [-0.3, -0.25) is 4.79 Å². The van der Waals surface area contributed by atoms with Crippen molar-refractivity contribution in [2.75, 3.05) is 19.8 Å². The Morgan fingerprint density at radius 3 is 2.75 bits per heavy atom. The fourth-order valence-electron chi connectivity index (χ4n) is 2.96. The van der Waals surface area contributed by atoms with Crippen molar-refractivity contribution in [2.24, 2.45) is 0 Å². The Labute approximate surface area is 140 Å². The highest BCUT2D eigenvalue weighted by molar-refractivity contribution is 5.79. The lowest BCUT2D eigenvalue weighted by molar-refractivity contribution is -0.139. The van der Waals surface area contributed by atoms with Gasteiger partial charge in [0.2, 0.25) is 11.8 Å². The van der Waals surface area contributed by atoms with E-state index in [9.17, 15) is 4.79 Å². The third-order valence-electron chi connectivity index (χ3n) is 4.23. The summed E-state index contributed by atoms with van der Waals surface area (Å²) in [5, 5.41) is 8.02. The van der Waals surface area contributed by atoms with Gasteiger partial charge in [0, 0.05) is 25.5 Å². The van der Waals surface area contributed by atoms with Gasteiger partial charge in [-0.2, -0.15) is 4.98 Å². The van der Waals surface area contributed by atoms with Crippen LogP contribution >= 0.6 is 0 Å². The van der Waals surface area contributed by atoms with Crippen LogP contribution in [0, 0.1) is 6.92 Å². The third-order valence-corrected chi connectivity index (χ3v) is 4.23. The van der Waals surface area contributed by atoms with Crippen molar-refractivity contribution in [2.45, 2.75) is 46.1 Å². The molecule has 1 fully saturated rings. The highest BCUT2D eigenvalue weighted by Gasteiger charge is 2.33. The van der Waals surface area contributed by atoms with E-state index in [-0.39, 0.29) is 18.4 Å². The molecule has 0 spiro atoms. The Balaban J connectivity index is 1.81. The van der Waals surface area contributed by atoms with Crippen molar-refractivity contribution >= 4 is 5.91 Å². The van der Waals surface area contributed by atoms with Gasteiger partial charge in [0.15, 0.2) is 5.82 Å². The molecule has 1 amide bonds. The van der Waals surface area contributed by atoms with Gasteiger partial charge in [-0.05, 0) is 6.42 Å². The van der Waals surface area contributed by atoms with Crippen LogP contribution < -0.4 is 0 Å². The number of aryl methyl sites for hydroxylation is 3. The molecule has 1 unspecified atom stereocenters. The zero-order chi connectivity index (χ0) is 17.1. The number of morpholine rings is 1. The number of nitrogens with zero attached hydrogens (tertiary/aromatic N) is 4. The molecule has 0 saturated carbocycles. The van der Waals surface area contributed by atoms with Crippen LogP contribution in [0.3, 0.4) is 0 Å². The van der Waals surface area contributed by atoms with Crippen LogP contribution in [-0.2, 0) is 28.8 Å². The van der Waals surface area contributed by atoms with E-state index >= 15 is 0 Å². The Bertz CT molecular complexity index is 687. The molecule has 3 heterocycles. The topological polar surface area (TPSA) is 94.5 Å². The second-order valence-electron chi connectivity index (χ2n) is 5.76. The number of carbonyl (C=O) groups excluding carboxylic acids is 1. The molecule has 1 aliphatic heterocycles. The van der Waals surface area contributed by atoms with Gasteiger partial charge in [0.25, 0.3) is 0 Å². The van der Waals surface area contributed by atoms with Crippen LogP contribution in [-0.4, -0.2) is 45.9 Å². The first-order chi connectivity index (χ1) is 11.6. The third kappa shape index (κ3) is 3.19. The molecule has 1 saturated heterocycles. The zero-order valence-corrected chi connectivity index (χ0v) is 14.2. The van der Waals surface area contributed by atoms with Crippen LogP contribution in [0.5, 0.6) is 0 Å². The summed E-state index contributed by atoms with van der Waals surface area (Å²) in [5.41, 5.74) is 1.75. The maximum absolute atomic E-state index is 12.9. The average Bonchev–Trinajstić information content (AvgIpc) is 3.20. The quantitative estimate of drug-likeness (QED) is 0.820. The molecule has 1 atom stereocenters. The van der Waals surface area contributed by atoms with Gasteiger partial charge in [0.05, 0.1) is 25.3 Å². The summed E-state index contributed by atoms with van der Waals surface area (Å²) < 4.78 is 15.9. The SMILES string of the molecule is CCc1noc(CC)c1CC(=O)N1CCOCC1c1noc(C)n1. The summed E-state index contributed by atoms with van der Waals surface area (Å²) in [4.78, 5) is 18.9. The van der Waals surface area contributed by atoms with Crippen molar-refractivity contribution in [3.8, 4) is 0 Å². The van der Waals surface area contributed by atoms with E-state index in [1.165, 1.54) is 0 Å². The van der Waals surface area contributed by atoms with E-state index < -0.39 is 0 Å². The maximum atomic E-state index is 12.9. The predicted molar refractivity (Wildman–Crippen MR) is 83.3 cm³/mol. The standard InChI is InChI=1S/C16H22N4O4/c1-4-12-11(14(5-2)24-18-12)8-15(21)20-6-7-22-9-13(20)16-17-10(3)23-19-16/h13H,4-9H2,1-3H3. The molecule has 0 aliphatic carbocycles. The van der Waals surface area contributed by atoms with E-state index in [4.69, 9.17) is 13.8 Å². The number of hydrogen-bond acceptors (Lipinski definition) is 7. The zero-order valence-electron chi connectivity index (χ0n) is 14.2. The average molecular weight is 334 g/mol. The smallest absolute Gasteiger partial charge is 0.227 e. The minimum absolute atomic E-state index is 0.00152. The van der Waals surface area contributed by atoms with Gasteiger partial charge in [0.1, 0.15) is 11.8 Å². The lowest BCUT2D eigenvalue weighted by Gasteiger charge is -2.33. The van der Waals surface area contributed by atoms with Gasteiger partial charge in [-0.1, -0.05) is 24.2 Å². The fourth-order valence-corrected chi connectivity index (χ4v) is 2.96. The first-order valence-corrected chi connectivity index (χ1v) is 8.27. The summed E-state index contributed by atoms with van der Waals surface area (Å²) in [5.74, 6) is 1.74. The first-order valence-electron chi connectivity index (χ1n) is 8.27. The van der Waals surface area contributed by atoms with Gasteiger partial charge in [-0.25, -0.2) is 0 Å². The second-order valence-corrected chi connectivity index (χ2v) is 5.76. The van der Waals surface area contributed by atoms with Crippen LogP contribution in [0.25, 0.3) is 0 Å². The number of aromatic nitrogens is 3. The van der Waals surface area contributed by atoms with Crippen molar-refractivity contribution in [3.63, 3.8) is 0 Å². The lowest BCUT2D eigenvalue weighted by atomic mass is 10.0. The summed E-state index contributed by atoms with van der Waals surface area (Å²) in [6, 6.07) is -0.321. The number of hydrogen-bond donors (Lipinski definition) is 0. The van der Waals surface area contributed by atoms with Crippen LogP contribution in [0.1, 0.15) is 48.6 Å². The second kappa shape index (κ2) is 7.12. The van der Waals surface area contributed by atoms with E-state index in [2.05, 4.69) is 15.3 Å². The fraction of sp³-hybridized carbons (Fsp3) is 0.625. The summed E-state index contributed by atoms with van der Waals surface area (Å²) >= 11 is 0. The largest absolute Gasteiger partial charge is 0.377 e. The monoisotopic (exact) mass is 334 g/mol. The first kappa shape index (κ1) is 16.6. The molecule has 8 nitrogen and oxygen atoms in total. The molecule has 0 bridgehead atoms. The number of amides is 1. The summed E-state index contributed by atoms with van der Waals surface area (Å²) in [7, 11) is 0. The van der Waals surface area contributed by atoms with Crippen LogP contribution in [0.15, 0.2) is 9.05 Å². The van der Waals surface area contributed by atoms with E-state index in [1.54, 1.807) is 11.8 Å². The Hall–Kier alpha value is -2.22.